The van der Waals surface area contributed by atoms with Crippen molar-refractivity contribution in [3.8, 4) is 0 Å². The molecule has 1 fully saturated rings. The first kappa shape index (κ1) is 9.21. The van der Waals surface area contributed by atoms with Gasteiger partial charge in [-0.3, -0.25) is 4.79 Å². The summed E-state index contributed by atoms with van der Waals surface area (Å²) >= 11 is 0. The summed E-state index contributed by atoms with van der Waals surface area (Å²) in [5.74, 6) is -1.52. The Morgan fingerprint density at radius 3 is 2.71 bits per heavy atom. The Balaban J connectivity index is 2.28. The number of fused-ring (bicyclic) bond motifs is 1. The number of carbonyl (C=O) groups excluding carboxylic acids is 1. The number of nitrogens with zero attached hydrogens (tertiary/aromatic N) is 1. The van der Waals surface area contributed by atoms with Crippen molar-refractivity contribution in [3.63, 3.8) is 0 Å². The van der Waals surface area contributed by atoms with Crippen LogP contribution in [0.15, 0.2) is 11.8 Å². The number of aliphatic hydroxyl groups excluding tert-OH is 1. The Morgan fingerprint density at radius 1 is 1.71 bits per heavy atom. The molecule has 0 saturated carbocycles. The number of amides is 1. The zero-order chi connectivity index (χ0) is 10.5. The number of rotatable bonds is 2. The van der Waals surface area contributed by atoms with E-state index in [2.05, 4.69) is 0 Å². The number of β-lactam (4-membered cyclic amide) rings is 1. The van der Waals surface area contributed by atoms with E-state index in [1.165, 1.54) is 11.0 Å². The fourth-order valence-corrected chi connectivity index (χ4v) is 2.07. The lowest BCUT2D eigenvalue weighted by Gasteiger charge is -2.39. The molecule has 5 heteroatoms. The number of carboxylic acid groups (broad SMARTS) is 1. The molecule has 0 aromatic heterocycles. The van der Waals surface area contributed by atoms with E-state index in [0.717, 1.165) is 0 Å². The number of hydrogen-bond donors (Lipinski definition) is 2. The van der Waals surface area contributed by atoms with Crippen LogP contribution in [0.4, 0.5) is 0 Å². The first-order valence-corrected chi connectivity index (χ1v) is 4.47. The van der Waals surface area contributed by atoms with Crippen LogP contribution in [-0.2, 0) is 9.59 Å². The predicted octanol–water partition coefficient (Wildman–Crippen LogP) is -0.434. The molecule has 14 heavy (non-hydrogen) atoms. The predicted molar refractivity (Wildman–Crippen MR) is 46.1 cm³/mol. The molecule has 1 unspecified atom stereocenters. The van der Waals surface area contributed by atoms with Gasteiger partial charge < -0.3 is 15.1 Å². The topological polar surface area (TPSA) is 77.8 Å². The molecule has 2 aliphatic heterocycles. The SMILES string of the molecule is CC(O)[C@@H]1C=C(C(=O)O)N2C(=O)C[C@@H]12. The van der Waals surface area contributed by atoms with Crippen molar-refractivity contribution in [3.05, 3.63) is 11.8 Å². The maximum absolute atomic E-state index is 11.1. The van der Waals surface area contributed by atoms with Gasteiger partial charge in [-0.05, 0) is 13.0 Å². The van der Waals surface area contributed by atoms with Crippen LogP contribution >= 0.6 is 0 Å². The molecule has 1 amide bonds. The van der Waals surface area contributed by atoms with Gasteiger partial charge in [-0.1, -0.05) is 0 Å². The summed E-state index contributed by atoms with van der Waals surface area (Å²) in [6, 6.07) is -0.145. The summed E-state index contributed by atoms with van der Waals surface area (Å²) in [6.45, 7) is 1.60. The Hall–Kier alpha value is -1.36. The van der Waals surface area contributed by atoms with Crippen molar-refractivity contribution in [1.82, 2.24) is 4.90 Å². The van der Waals surface area contributed by atoms with Crippen LogP contribution in [0.5, 0.6) is 0 Å². The largest absolute Gasteiger partial charge is 0.477 e. The lowest BCUT2D eigenvalue weighted by Crippen LogP contribution is -2.53. The molecule has 76 valence electrons. The van der Waals surface area contributed by atoms with Gasteiger partial charge in [0.1, 0.15) is 5.70 Å². The van der Waals surface area contributed by atoms with Crippen molar-refractivity contribution < 1.29 is 19.8 Å². The number of hydrogen-bond acceptors (Lipinski definition) is 3. The number of aliphatic carboxylic acids is 1. The minimum atomic E-state index is -1.11. The van der Waals surface area contributed by atoms with E-state index in [1.807, 2.05) is 0 Å². The molecule has 1 saturated heterocycles. The smallest absolute Gasteiger partial charge is 0.352 e. The second-order valence-corrected chi connectivity index (χ2v) is 3.71. The molecular weight excluding hydrogens is 186 g/mol. The minimum absolute atomic E-state index is 0.0113. The third kappa shape index (κ3) is 1.05. The monoisotopic (exact) mass is 197 g/mol. The molecule has 0 aromatic carbocycles. The lowest BCUT2D eigenvalue weighted by molar-refractivity contribution is -0.149. The summed E-state index contributed by atoms with van der Waals surface area (Å²) in [6.07, 6.45) is 1.19. The molecule has 0 aromatic rings. The Labute approximate surface area is 80.6 Å². The van der Waals surface area contributed by atoms with Crippen LogP contribution in [0.25, 0.3) is 0 Å². The highest BCUT2D eigenvalue weighted by molar-refractivity contribution is 5.97. The molecular formula is C9H11NO4. The summed E-state index contributed by atoms with van der Waals surface area (Å²) in [4.78, 5) is 23.2. The highest BCUT2D eigenvalue weighted by atomic mass is 16.4. The molecule has 5 nitrogen and oxygen atoms in total. The van der Waals surface area contributed by atoms with E-state index < -0.39 is 12.1 Å². The van der Waals surface area contributed by atoms with Crippen LogP contribution in [0.2, 0.25) is 0 Å². The van der Waals surface area contributed by atoms with Crippen LogP contribution in [-0.4, -0.2) is 39.1 Å². The maximum Gasteiger partial charge on any atom is 0.352 e. The van der Waals surface area contributed by atoms with E-state index in [-0.39, 0.29) is 23.6 Å². The second-order valence-electron chi connectivity index (χ2n) is 3.71. The summed E-state index contributed by atoms with van der Waals surface area (Å²) in [5, 5.41) is 18.2. The Morgan fingerprint density at radius 2 is 2.36 bits per heavy atom. The van der Waals surface area contributed by atoms with E-state index in [0.29, 0.717) is 6.42 Å². The third-order valence-electron chi connectivity index (χ3n) is 2.81. The second kappa shape index (κ2) is 2.81. The molecule has 2 rings (SSSR count). The van der Waals surface area contributed by atoms with Gasteiger partial charge in [0, 0.05) is 12.3 Å². The first-order valence-electron chi connectivity index (χ1n) is 4.47. The number of aliphatic hydroxyl groups is 1. The molecule has 0 spiro atoms. The van der Waals surface area contributed by atoms with Crippen molar-refractivity contribution in [2.75, 3.05) is 0 Å². The maximum atomic E-state index is 11.1. The molecule has 2 aliphatic rings. The first-order chi connectivity index (χ1) is 6.52. The van der Waals surface area contributed by atoms with Gasteiger partial charge in [0.15, 0.2) is 0 Å². The van der Waals surface area contributed by atoms with Gasteiger partial charge >= 0.3 is 5.97 Å². The third-order valence-corrected chi connectivity index (χ3v) is 2.81. The zero-order valence-electron chi connectivity index (χ0n) is 7.67. The van der Waals surface area contributed by atoms with Crippen molar-refractivity contribution in [2.24, 2.45) is 5.92 Å². The minimum Gasteiger partial charge on any atom is -0.477 e. The number of carboxylic acids is 1. The van der Waals surface area contributed by atoms with Crippen molar-refractivity contribution >= 4 is 11.9 Å². The van der Waals surface area contributed by atoms with Crippen LogP contribution < -0.4 is 0 Å². The highest BCUT2D eigenvalue weighted by Gasteiger charge is 2.50. The number of carbonyl (C=O) groups is 2. The van der Waals surface area contributed by atoms with E-state index >= 15 is 0 Å². The Bertz CT molecular complexity index is 334. The fourth-order valence-electron chi connectivity index (χ4n) is 2.07. The fraction of sp³-hybridized carbons (Fsp3) is 0.556. The molecule has 2 heterocycles. The van der Waals surface area contributed by atoms with Crippen LogP contribution in [0, 0.1) is 5.92 Å². The molecule has 0 bridgehead atoms. The zero-order valence-corrected chi connectivity index (χ0v) is 7.67. The molecule has 0 radical (unpaired) electrons. The summed E-state index contributed by atoms with van der Waals surface area (Å²) < 4.78 is 0. The van der Waals surface area contributed by atoms with Gasteiger partial charge in [0.2, 0.25) is 5.91 Å². The molecule has 2 N–H and O–H groups in total. The molecule has 0 aliphatic carbocycles. The normalized spacial score (nSPS) is 32.0. The van der Waals surface area contributed by atoms with E-state index in [1.54, 1.807) is 6.92 Å². The van der Waals surface area contributed by atoms with Crippen molar-refractivity contribution in [2.45, 2.75) is 25.5 Å². The van der Waals surface area contributed by atoms with Gasteiger partial charge in [-0.25, -0.2) is 4.79 Å². The van der Waals surface area contributed by atoms with Gasteiger partial charge in [0.25, 0.3) is 0 Å². The van der Waals surface area contributed by atoms with E-state index in [9.17, 15) is 14.7 Å². The van der Waals surface area contributed by atoms with Crippen LogP contribution in [0.1, 0.15) is 13.3 Å². The Kier molecular flexibility index (Phi) is 1.85. The van der Waals surface area contributed by atoms with Gasteiger partial charge in [-0.15, -0.1) is 0 Å². The summed E-state index contributed by atoms with van der Waals surface area (Å²) in [5.41, 5.74) is 0.0113. The summed E-state index contributed by atoms with van der Waals surface area (Å²) in [7, 11) is 0. The quantitative estimate of drug-likeness (QED) is 0.588. The van der Waals surface area contributed by atoms with E-state index in [4.69, 9.17) is 5.11 Å². The van der Waals surface area contributed by atoms with Gasteiger partial charge in [-0.2, -0.15) is 0 Å². The average Bonchev–Trinajstić information content (AvgIpc) is 2.37. The highest BCUT2D eigenvalue weighted by Crippen LogP contribution is 2.39. The molecule has 3 atom stereocenters. The average molecular weight is 197 g/mol. The lowest BCUT2D eigenvalue weighted by atomic mass is 9.89. The van der Waals surface area contributed by atoms with Crippen LogP contribution in [0.3, 0.4) is 0 Å². The van der Waals surface area contributed by atoms with Gasteiger partial charge in [0.05, 0.1) is 12.1 Å². The standard InChI is InChI=1S/C9H11NO4/c1-4(11)5-2-7(9(13)14)10-6(5)3-8(10)12/h2,4-6,11H,3H2,1H3,(H,13,14)/t4?,5-,6-/m0/s1. The van der Waals surface area contributed by atoms with Crippen molar-refractivity contribution in [1.29, 1.82) is 0 Å².